The molecule has 18 heavy (non-hydrogen) atoms. The van der Waals surface area contributed by atoms with Crippen LogP contribution in [-0.4, -0.2) is 6.61 Å². The van der Waals surface area contributed by atoms with Crippen LogP contribution in [0.2, 0.25) is 0 Å². The van der Waals surface area contributed by atoms with Gasteiger partial charge in [-0.25, -0.2) is 8.78 Å². The van der Waals surface area contributed by atoms with E-state index in [9.17, 15) is 8.78 Å². The molecular formula is C15H20F2O. The van der Waals surface area contributed by atoms with Crippen LogP contribution in [0.25, 0.3) is 0 Å². The van der Waals surface area contributed by atoms with E-state index in [1.54, 1.807) is 0 Å². The Kier molecular flexibility index (Phi) is 4.97. The van der Waals surface area contributed by atoms with Gasteiger partial charge in [-0.3, -0.25) is 0 Å². The molecule has 1 aromatic carbocycles. The lowest BCUT2D eigenvalue weighted by Gasteiger charge is -2.21. The van der Waals surface area contributed by atoms with Crippen molar-refractivity contribution < 1.29 is 13.5 Å². The van der Waals surface area contributed by atoms with Crippen LogP contribution in [-0.2, 0) is 0 Å². The Balaban J connectivity index is 1.68. The molecule has 0 aliphatic heterocycles. The van der Waals surface area contributed by atoms with Gasteiger partial charge >= 0.3 is 0 Å². The zero-order valence-electron chi connectivity index (χ0n) is 10.6. The van der Waals surface area contributed by atoms with E-state index in [1.807, 2.05) is 0 Å². The number of halogens is 2. The predicted octanol–water partition coefficient (Wildman–Crippen LogP) is 4.70. The van der Waals surface area contributed by atoms with E-state index >= 15 is 0 Å². The van der Waals surface area contributed by atoms with Crippen molar-refractivity contribution in [3.05, 3.63) is 29.8 Å². The molecule has 3 heteroatoms. The molecule has 0 amide bonds. The molecule has 1 aliphatic rings. The lowest BCUT2D eigenvalue weighted by atomic mass is 9.86. The summed E-state index contributed by atoms with van der Waals surface area (Å²) in [5.74, 6) is -0.213. The van der Waals surface area contributed by atoms with Gasteiger partial charge in [0.25, 0.3) is 0 Å². The highest BCUT2D eigenvalue weighted by atomic mass is 19.1. The van der Waals surface area contributed by atoms with Crippen molar-refractivity contribution >= 4 is 0 Å². The predicted molar refractivity (Wildman–Crippen MR) is 67.7 cm³/mol. The number of benzene rings is 1. The monoisotopic (exact) mass is 254 g/mol. The van der Waals surface area contributed by atoms with Gasteiger partial charge in [0.05, 0.1) is 6.61 Å². The quantitative estimate of drug-likeness (QED) is 0.692. The minimum Gasteiger partial charge on any atom is -0.491 e. The second-order valence-corrected chi connectivity index (χ2v) is 5.07. The zero-order valence-corrected chi connectivity index (χ0v) is 10.6. The Bertz CT molecular complexity index is 373. The van der Waals surface area contributed by atoms with Crippen LogP contribution in [0.4, 0.5) is 8.78 Å². The van der Waals surface area contributed by atoms with Gasteiger partial charge in [0.2, 0.25) is 0 Å². The van der Waals surface area contributed by atoms with Crippen molar-refractivity contribution in [3.63, 3.8) is 0 Å². The molecule has 2 rings (SSSR count). The van der Waals surface area contributed by atoms with Crippen LogP contribution in [0.3, 0.4) is 0 Å². The van der Waals surface area contributed by atoms with Crippen LogP contribution in [0.15, 0.2) is 18.2 Å². The van der Waals surface area contributed by atoms with Crippen molar-refractivity contribution in [1.82, 2.24) is 0 Å². The Morgan fingerprint density at radius 2 is 1.89 bits per heavy atom. The molecule has 0 N–H and O–H groups in total. The first-order chi connectivity index (χ1) is 8.75. The largest absolute Gasteiger partial charge is 0.491 e. The van der Waals surface area contributed by atoms with Crippen molar-refractivity contribution in [2.45, 2.75) is 44.9 Å². The summed E-state index contributed by atoms with van der Waals surface area (Å²) in [4.78, 5) is 0. The van der Waals surface area contributed by atoms with E-state index in [4.69, 9.17) is 4.74 Å². The average molecular weight is 254 g/mol. The van der Waals surface area contributed by atoms with E-state index in [-0.39, 0.29) is 5.75 Å². The molecule has 1 nitrogen and oxygen atoms in total. The molecular weight excluding hydrogens is 234 g/mol. The van der Waals surface area contributed by atoms with Crippen LogP contribution < -0.4 is 4.74 Å². The fourth-order valence-electron chi connectivity index (χ4n) is 2.62. The number of ether oxygens (including phenoxy) is 1. The smallest absolute Gasteiger partial charge is 0.167 e. The SMILES string of the molecule is Fc1ccc(OCCCC2CCCCC2)c(F)c1. The standard InChI is InChI=1S/C15H20F2O/c16-13-8-9-15(14(17)11-13)18-10-4-7-12-5-2-1-3-6-12/h8-9,11-12H,1-7,10H2. The first-order valence-electron chi connectivity index (χ1n) is 6.83. The Morgan fingerprint density at radius 3 is 2.61 bits per heavy atom. The maximum absolute atomic E-state index is 13.3. The molecule has 0 unspecified atom stereocenters. The molecule has 0 bridgehead atoms. The lowest BCUT2D eigenvalue weighted by Crippen LogP contribution is -2.08. The molecule has 0 atom stereocenters. The number of hydrogen-bond acceptors (Lipinski definition) is 1. The maximum Gasteiger partial charge on any atom is 0.167 e. The molecule has 0 spiro atoms. The molecule has 0 radical (unpaired) electrons. The van der Waals surface area contributed by atoms with Gasteiger partial charge in [-0.1, -0.05) is 32.1 Å². The number of rotatable bonds is 5. The first kappa shape index (κ1) is 13.3. The molecule has 0 heterocycles. The van der Waals surface area contributed by atoms with Crippen molar-refractivity contribution in [2.75, 3.05) is 6.61 Å². The maximum atomic E-state index is 13.3. The van der Waals surface area contributed by atoms with E-state index in [0.29, 0.717) is 6.61 Å². The molecule has 0 saturated heterocycles. The summed E-state index contributed by atoms with van der Waals surface area (Å²) in [5.41, 5.74) is 0. The van der Waals surface area contributed by atoms with Gasteiger partial charge in [0.15, 0.2) is 11.6 Å². The Morgan fingerprint density at radius 1 is 1.11 bits per heavy atom. The highest BCUT2D eigenvalue weighted by Gasteiger charge is 2.13. The third-order valence-corrected chi connectivity index (χ3v) is 3.63. The van der Waals surface area contributed by atoms with Crippen LogP contribution in [0.1, 0.15) is 44.9 Å². The number of hydrogen-bond donors (Lipinski definition) is 0. The van der Waals surface area contributed by atoms with Crippen LogP contribution in [0.5, 0.6) is 5.75 Å². The topological polar surface area (TPSA) is 9.23 Å². The highest BCUT2D eigenvalue weighted by Crippen LogP contribution is 2.27. The summed E-state index contributed by atoms with van der Waals surface area (Å²) < 4.78 is 31.3. The fraction of sp³-hybridized carbons (Fsp3) is 0.600. The average Bonchev–Trinajstić information content (AvgIpc) is 2.38. The van der Waals surface area contributed by atoms with Gasteiger partial charge in [-0.15, -0.1) is 0 Å². The third kappa shape index (κ3) is 3.97. The van der Waals surface area contributed by atoms with Gasteiger partial charge in [-0.2, -0.15) is 0 Å². The second kappa shape index (κ2) is 6.72. The summed E-state index contributed by atoms with van der Waals surface area (Å²) in [5, 5.41) is 0. The second-order valence-electron chi connectivity index (χ2n) is 5.07. The van der Waals surface area contributed by atoms with Gasteiger partial charge in [0.1, 0.15) is 5.82 Å². The Hall–Kier alpha value is -1.12. The molecule has 1 saturated carbocycles. The van der Waals surface area contributed by atoms with Crippen LogP contribution in [0, 0.1) is 17.6 Å². The minimum atomic E-state index is -0.618. The van der Waals surface area contributed by atoms with E-state index in [2.05, 4.69) is 0 Å². The molecule has 1 aliphatic carbocycles. The molecule has 1 fully saturated rings. The fourth-order valence-corrected chi connectivity index (χ4v) is 2.62. The molecule has 1 aromatic rings. The Labute approximate surface area is 107 Å². The summed E-state index contributed by atoms with van der Waals surface area (Å²) >= 11 is 0. The lowest BCUT2D eigenvalue weighted by molar-refractivity contribution is 0.260. The molecule has 0 aromatic heterocycles. The van der Waals surface area contributed by atoms with Gasteiger partial charge in [0, 0.05) is 6.07 Å². The minimum absolute atomic E-state index is 0.153. The van der Waals surface area contributed by atoms with E-state index in [0.717, 1.165) is 24.8 Å². The highest BCUT2D eigenvalue weighted by molar-refractivity contribution is 5.24. The zero-order chi connectivity index (χ0) is 12.8. The summed E-state index contributed by atoms with van der Waals surface area (Å²) in [6, 6.07) is 3.43. The van der Waals surface area contributed by atoms with Gasteiger partial charge in [-0.05, 0) is 30.9 Å². The van der Waals surface area contributed by atoms with Crippen molar-refractivity contribution in [3.8, 4) is 5.75 Å². The van der Waals surface area contributed by atoms with Crippen molar-refractivity contribution in [2.24, 2.45) is 5.92 Å². The normalized spacial score (nSPS) is 16.8. The third-order valence-electron chi connectivity index (χ3n) is 3.63. The summed E-state index contributed by atoms with van der Waals surface area (Å²) in [6.45, 7) is 0.513. The first-order valence-corrected chi connectivity index (χ1v) is 6.83. The van der Waals surface area contributed by atoms with E-state index < -0.39 is 11.6 Å². The van der Waals surface area contributed by atoms with E-state index in [1.165, 1.54) is 44.2 Å². The van der Waals surface area contributed by atoms with Crippen LogP contribution >= 0.6 is 0 Å². The molecule has 100 valence electrons. The summed E-state index contributed by atoms with van der Waals surface area (Å²) in [6.07, 6.45) is 8.81. The summed E-state index contributed by atoms with van der Waals surface area (Å²) in [7, 11) is 0. The van der Waals surface area contributed by atoms with Gasteiger partial charge < -0.3 is 4.74 Å². The van der Waals surface area contributed by atoms with Crippen molar-refractivity contribution in [1.29, 1.82) is 0 Å².